The average Bonchev–Trinajstić information content (AvgIpc) is 2.41. The molecule has 1 heterocycles. The van der Waals surface area contributed by atoms with Crippen molar-refractivity contribution in [2.24, 2.45) is 0 Å². The maximum atomic E-state index is 12.1. The summed E-state index contributed by atoms with van der Waals surface area (Å²) in [7, 11) is 0. The second-order valence-electron chi connectivity index (χ2n) is 4.06. The summed E-state index contributed by atoms with van der Waals surface area (Å²) >= 11 is 0. The molecule has 92 valence electrons. The number of hydrogen-bond acceptors (Lipinski definition) is 3. The molecule has 0 saturated heterocycles. The number of carbonyl (C=O) groups excluding carboxylic acids is 1. The summed E-state index contributed by atoms with van der Waals surface area (Å²) < 4.78 is 0. The van der Waals surface area contributed by atoms with Crippen molar-refractivity contribution in [3.63, 3.8) is 0 Å². The first-order valence-corrected chi connectivity index (χ1v) is 5.75. The molecule has 1 atom stereocenters. The number of rotatable bonds is 3. The first-order valence-electron chi connectivity index (χ1n) is 5.75. The van der Waals surface area contributed by atoms with Crippen LogP contribution in [0.4, 0.5) is 11.5 Å². The van der Waals surface area contributed by atoms with E-state index in [0.29, 0.717) is 11.5 Å². The van der Waals surface area contributed by atoms with Crippen LogP contribution in [0.1, 0.15) is 18.4 Å². The van der Waals surface area contributed by atoms with Crippen LogP contribution in [0.2, 0.25) is 0 Å². The first kappa shape index (κ1) is 12.1. The van der Waals surface area contributed by atoms with Gasteiger partial charge in [0.25, 0.3) is 0 Å². The molecule has 3 N–H and O–H groups in total. The Balaban J connectivity index is 2.12. The van der Waals surface area contributed by atoms with Crippen LogP contribution in [0.25, 0.3) is 0 Å². The van der Waals surface area contributed by atoms with Crippen LogP contribution in [-0.4, -0.2) is 10.9 Å². The summed E-state index contributed by atoms with van der Waals surface area (Å²) in [6.45, 7) is 1.85. The van der Waals surface area contributed by atoms with E-state index < -0.39 is 0 Å². The topological polar surface area (TPSA) is 68.0 Å². The Bertz CT molecular complexity index is 540. The van der Waals surface area contributed by atoms with Crippen LogP contribution >= 0.6 is 0 Å². The predicted octanol–water partition coefficient (Wildman–Crippen LogP) is 2.41. The quantitative estimate of drug-likeness (QED) is 0.867. The number of aromatic nitrogens is 1. The molecule has 1 aromatic carbocycles. The van der Waals surface area contributed by atoms with E-state index in [-0.39, 0.29) is 11.8 Å². The highest BCUT2D eigenvalue weighted by Crippen LogP contribution is 2.19. The number of nitrogens with one attached hydrogen (secondary N) is 1. The van der Waals surface area contributed by atoms with E-state index in [1.807, 2.05) is 37.3 Å². The van der Waals surface area contributed by atoms with Gasteiger partial charge in [0.05, 0.1) is 11.6 Å². The van der Waals surface area contributed by atoms with E-state index in [4.69, 9.17) is 5.73 Å². The second-order valence-corrected chi connectivity index (χ2v) is 4.06. The Morgan fingerprint density at radius 2 is 1.94 bits per heavy atom. The second kappa shape index (κ2) is 5.31. The number of amides is 1. The standard InChI is InChI=1S/C14H15N3O/c1-10(11-6-3-2-4-7-11)14(18)17-13-12(15)8-5-9-16-13/h2-10H,15H2,1H3,(H,16,17,18). The molecule has 0 fully saturated rings. The number of nitrogen functional groups attached to an aromatic ring is 1. The highest BCUT2D eigenvalue weighted by molar-refractivity contribution is 5.96. The van der Waals surface area contributed by atoms with Crippen molar-refractivity contribution in [1.29, 1.82) is 0 Å². The molecule has 1 amide bonds. The maximum absolute atomic E-state index is 12.1. The normalized spacial score (nSPS) is 11.8. The third kappa shape index (κ3) is 2.66. The molecule has 1 unspecified atom stereocenters. The van der Waals surface area contributed by atoms with Gasteiger partial charge in [0.15, 0.2) is 5.82 Å². The molecule has 0 radical (unpaired) electrons. The summed E-state index contributed by atoms with van der Waals surface area (Å²) in [5, 5.41) is 2.73. The summed E-state index contributed by atoms with van der Waals surface area (Å²) in [5.74, 6) is 0.0458. The van der Waals surface area contributed by atoms with Gasteiger partial charge in [0, 0.05) is 6.20 Å². The van der Waals surface area contributed by atoms with Crippen LogP contribution < -0.4 is 11.1 Å². The van der Waals surface area contributed by atoms with Gasteiger partial charge in [-0.25, -0.2) is 4.98 Å². The van der Waals surface area contributed by atoms with E-state index >= 15 is 0 Å². The highest BCUT2D eigenvalue weighted by Gasteiger charge is 2.16. The first-order chi connectivity index (χ1) is 8.68. The number of benzene rings is 1. The fourth-order valence-corrected chi connectivity index (χ4v) is 1.64. The average molecular weight is 241 g/mol. The summed E-state index contributed by atoms with van der Waals surface area (Å²) in [6, 6.07) is 13.0. The minimum Gasteiger partial charge on any atom is -0.396 e. The van der Waals surface area contributed by atoms with Gasteiger partial charge in [-0.15, -0.1) is 0 Å². The summed E-state index contributed by atoms with van der Waals surface area (Å²) in [6.07, 6.45) is 1.60. The lowest BCUT2D eigenvalue weighted by Gasteiger charge is -2.12. The predicted molar refractivity (Wildman–Crippen MR) is 72.1 cm³/mol. The minimum absolute atomic E-state index is 0.119. The van der Waals surface area contributed by atoms with Crippen molar-refractivity contribution in [2.45, 2.75) is 12.8 Å². The van der Waals surface area contributed by atoms with Gasteiger partial charge in [0.2, 0.25) is 5.91 Å². The SMILES string of the molecule is CC(C(=O)Nc1ncccc1N)c1ccccc1. The lowest BCUT2D eigenvalue weighted by Crippen LogP contribution is -2.20. The Morgan fingerprint density at radius 3 is 2.61 bits per heavy atom. The van der Waals surface area contributed by atoms with Crippen LogP contribution in [0.15, 0.2) is 48.7 Å². The monoisotopic (exact) mass is 241 g/mol. The molecule has 0 saturated carbocycles. The largest absolute Gasteiger partial charge is 0.396 e. The van der Waals surface area contributed by atoms with Gasteiger partial charge in [-0.05, 0) is 24.6 Å². The zero-order valence-corrected chi connectivity index (χ0v) is 10.1. The molecule has 2 rings (SSSR count). The molecule has 0 aliphatic heterocycles. The van der Waals surface area contributed by atoms with Gasteiger partial charge in [-0.1, -0.05) is 30.3 Å². The molecule has 0 aliphatic carbocycles. The van der Waals surface area contributed by atoms with Gasteiger partial charge < -0.3 is 11.1 Å². The Morgan fingerprint density at radius 1 is 1.22 bits per heavy atom. The number of nitrogens with two attached hydrogens (primary N) is 1. The fourth-order valence-electron chi connectivity index (χ4n) is 1.64. The third-order valence-electron chi connectivity index (χ3n) is 2.77. The molecule has 0 spiro atoms. The van der Waals surface area contributed by atoms with Gasteiger partial charge in [-0.3, -0.25) is 4.79 Å². The minimum atomic E-state index is -0.243. The Hall–Kier alpha value is -2.36. The van der Waals surface area contributed by atoms with Crippen molar-refractivity contribution in [3.8, 4) is 0 Å². The number of pyridine rings is 1. The summed E-state index contributed by atoms with van der Waals surface area (Å²) in [4.78, 5) is 16.1. The maximum Gasteiger partial charge on any atom is 0.232 e. The van der Waals surface area contributed by atoms with Gasteiger partial charge in [-0.2, -0.15) is 0 Å². The van der Waals surface area contributed by atoms with Crippen LogP contribution in [-0.2, 0) is 4.79 Å². The van der Waals surface area contributed by atoms with Crippen molar-refractivity contribution in [3.05, 3.63) is 54.2 Å². The number of carbonyl (C=O) groups is 1. The molecule has 4 heteroatoms. The van der Waals surface area contributed by atoms with Gasteiger partial charge in [0.1, 0.15) is 0 Å². The van der Waals surface area contributed by atoms with E-state index in [9.17, 15) is 4.79 Å². The molecule has 2 aromatic rings. The van der Waals surface area contributed by atoms with Crippen LogP contribution in [0, 0.1) is 0 Å². The highest BCUT2D eigenvalue weighted by atomic mass is 16.1. The zero-order chi connectivity index (χ0) is 13.0. The van der Waals surface area contributed by atoms with Crippen LogP contribution in [0.3, 0.4) is 0 Å². The van der Waals surface area contributed by atoms with E-state index in [0.717, 1.165) is 5.56 Å². The summed E-state index contributed by atoms with van der Waals surface area (Å²) in [5.41, 5.74) is 7.16. The Kier molecular flexibility index (Phi) is 3.57. The molecule has 0 bridgehead atoms. The Labute approximate surface area is 106 Å². The molecule has 4 nitrogen and oxygen atoms in total. The van der Waals surface area contributed by atoms with E-state index in [1.165, 1.54) is 0 Å². The van der Waals surface area contributed by atoms with Crippen molar-refractivity contribution in [1.82, 2.24) is 4.98 Å². The van der Waals surface area contributed by atoms with Crippen molar-refractivity contribution < 1.29 is 4.79 Å². The van der Waals surface area contributed by atoms with Crippen molar-refractivity contribution >= 4 is 17.4 Å². The van der Waals surface area contributed by atoms with Crippen LogP contribution in [0.5, 0.6) is 0 Å². The molecule has 0 aliphatic rings. The lowest BCUT2D eigenvalue weighted by atomic mass is 10.0. The number of hydrogen-bond donors (Lipinski definition) is 2. The number of anilines is 2. The molecular weight excluding hydrogens is 226 g/mol. The molecule has 1 aromatic heterocycles. The lowest BCUT2D eigenvalue weighted by molar-refractivity contribution is -0.117. The van der Waals surface area contributed by atoms with E-state index in [2.05, 4.69) is 10.3 Å². The number of nitrogens with zero attached hydrogens (tertiary/aromatic N) is 1. The van der Waals surface area contributed by atoms with Crippen molar-refractivity contribution in [2.75, 3.05) is 11.1 Å². The smallest absolute Gasteiger partial charge is 0.232 e. The zero-order valence-electron chi connectivity index (χ0n) is 10.1. The van der Waals surface area contributed by atoms with Gasteiger partial charge >= 0.3 is 0 Å². The molecular formula is C14H15N3O. The van der Waals surface area contributed by atoms with E-state index in [1.54, 1.807) is 18.3 Å². The third-order valence-corrected chi connectivity index (χ3v) is 2.77. The molecule has 18 heavy (non-hydrogen) atoms. The fraction of sp³-hybridized carbons (Fsp3) is 0.143.